The van der Waals surface area contributed by atoms with Gasteiger partial charge in [-0.05, 0) is 31.0 Å². The van der Waals surface area contributed by atoms with Crippen LogP contribution < -0.4 is 10.9 Å². The average Bonchev–Trinajstić information content (AvgIpc) is 2.65. The Morgan fingerprint density at radius 1 is 1.12 bits per heavy atom. The van der Waals surface area contributed by atoms with E-state index in [0.717, 1.165) is 5.56 Å². The number of hydrogen-bond acceptors (Lipinski definition) is 4. The highest BCUT2D eigenvalue weighted by atomic mass is 16.5. The van der Waals surface area contributed by atoms with Gasteiger partial charge in [-0.25, -0.2) is 10.2 Å². The molecule has 0 aliphatic rings. The molecule has 2 N–H and O–H groups in total. The van der Waals surface area contributed by atoms with Crippen LogP contribution >= 0.6 is 0 Å². The van der Waals surface area contributed by atoms with Crippen molar-refractivity contribution in [1.82, 2.24) is 10.9 Å². The largest absolute Gasteiger partial charge is 0.467 e. The SMILES string of the molecule is C=CC[C@@](NNC(=O)c1ccccc1)(C(=O)OC)c1ccc(C)cc1. The molecule has 25 heavy (non-hydrogen) atoms. The molecule has 130 valence electrons. The van der Waals surface area contributed by atoms with Crippen LogP contribution in [0.25, 0.3) is 0 Å². The topological polar surface area (TPSA) is 67.4 Å². The maximum atomic E-state index is 12.6. The van der Waals surface area contributed by atoms with Crippen LogP contribution in [0.4, 0.5) is 0 Å². The second-order valence-corrected chi connectivity index (χ2v) is 5.70. The Kier molecular flexibility index (Phi) is 6.08. The maximum Gasteiger partial charge on any atom is 0.332 e. The standard InChI is InChI=1S/C20H22N2O3/c1-4-14-20(19(24)25-3,17-12-10-15(2)11-13-17)22-21-18(23)16-8-6-5-7-9-16/h4-13,22H,1,14H2,2-3H3,(H,21,23)/t20-/m0/s1. The Balaban J connectivity index is 2.33. The molecule has 0 aliphatic carbocycles. The van der Waals surface area contributed by atoms with Gasteiger partial charge in [0, 0.05) is 5.56 Å². The lowest BCUT2D eigenvalue weighted by atomic mass is 9.86. The summed E-state index contributed by atoms with van der Waals surface area (Å²) in [6.07, 6.45) is 1.86. The lowest BCUT2D eigenvalue weighted by Gasteiger charge is -2.32. The molecule has 1 amide bonds. The molecule has 5 heteroatoms. The molecule has 0 spiro atoms. The minimum absolute atomic E-state index is 0.248. The van der Waals surface area contributed by atoms with Gasteiger partial charge in [-0.15, -0.1) is 6.58 Å². The second kappa shape index (κ2) is 8.26. The zero-order valence-corrected chi connectivity index (χ0v) is 14.4. The summed E-state index contributed by atoms with van der Waals surface area (Å²) in [5, 5.41) is 0. The summed E-state index contributed by atoms with van der Waals surface area (Å²) in [6.45, 7) is 5.69. The van der Waals surface area contributed by atoms with Crippen molar-refractivity contribution in [3.63, 3.8) is 0 Å². The van der Waals surface area contributed by atoms with E-state index in [0.29, 0.717) is 11.1 Å². The van der Waals surface area contributed by atoms with E-state index in [1.54, 1.807) is 30.3 Å². The van der Waals surface area contributed by atoms with Crippen molar-refractivity contribution >= 4 is 11.9 Å². The van der Waals surface area contributed by atoms with E-state index < -0.39 is 11.5 Å². The predicted octanol–water partition coefficient (Wildman–Crippen LogP) is 2.87. The molecule has 5 nitrogen and oxygen atoms in total. The first-order chi connectivity index (χ1) is 12.0. The van der Waals surface area contributed by atoms with Crippen LogP contribution in [0.1, 0.15) is 27.9 Å². The Labute approximate surface area is 147 Å². The number of ether oxygens (including phenoxy) is 1. The molecule has 2 aromatic rings. The van der Waals surface area contributed by atoms with Crippen molar-refractivity contribution in [3.05, 3.63) is 83.9 Å². The molecule has 0 aliphatic heterocycles. The number of hydrazine groups is 1. The van der Waals surface area contributed by atoms with Crippen molar-refractivity contribution in [2.24, 2.45) is 0 Å². The lowest BCUT2D eigenvalue weighted by molar-refractivity contribution is -0.149. The molecule has 0 bridgehead atoms. The molecule has 2 aromatic carbocycles. The summed E-state index contributed by atoms with van der Waals surface area (Å²) in [6, 6.07) is 16.2. The first kappa shape index (κ1) is 18.4. The van der Waals surface area contributed by atoms with Crippen molar-refractivity contribution in [1.29, 1.82) is 0 Å². The van der Waals surface area contributed by atoms with Gasteiger partial charge in [0.1, 0.15) is 0 Å². The van der Waals surface area contributed by atoms with E-state index in [9.17, 15) is 9.59 Å². The van der Waals surface area contributed by atoms with Crippen molar-refractivity contribution in [3.8, 4) is 0 Å². The zero-order chi connectivity index (χ0) is 18.3. The second-order valence-electron chi connectivity index (χ2n) is 5.70. The number of aryl methyl sites for hydroxylation is 1. The van der Waals surface area contributed by atoms with Gasteiger partial charge in [-0.2, -0.15) is 0 Å². The quantitative estimate of drug-likeness (QED) is 0.463. The number of amides is 1. The molecule has 0 unspecified atom stereocenters. The molecule has 2 rings (SSSR count). The van der Waals surface area contributed by atoms with E-state index in [2.05, 4.69) is 17.4 Å². The van der Waals surface area contributed by atoms with E-state index in [4.69, 9.17) is 4.74 Å². The summed E-state index contributed by atoms with van der Waals surface area (Å²) in [5.74, 6) is -0.852. The van der Waals surface area contributed by atoms with Gasteiger partial charge >= 0.3 is 5.97 Å². The third-order valence-corrected chi connectivity index (χ3v) is 3.95. The number of rotatable bonds is 7. The van der Waals surface area contributed by atoms with E-state index in [1.807, 2.05) is 37.3 Å². The van der Waals surface area contributed by atoms with Crippen LogP contribution in [0.5, 0.6) is 0 Å². The predicted molar refractivity (Wildman–Crippen MR) is 96.7 cm³/mol. The van der Waals surface area contributed by atoms with Crippen molar-refractivity contribution in [2.45, 2.75) is 18.9 Å². The Hall–Kier alpha value is -2.92. The van der Waals surface area contributed by atoms with Crippen molar-refractivity contribution < 1.29 is 14.3 Å². The van der Waals surface area contributed by atoms with Gasteiger partial charge in [0.25, 0.3) is 5.91 Å². The highest BCUT2D eigenvalue weighted by Crippen LogP contribution is 2.27. The molecule has 0 radical (unpaired) electrons. The number of hydrogen-bond donors (Lipinski definition) is 2. The molecule has 0 saturated heterocycles. The van der Waals surface area contributed by atoms with Crippen molar-refractivity contribution in [2.75, 3.05) is 7.11 Å². The van der Waals surface area contributed by atoms with Crippen LogP contribution in [-0.4, -0.2) is 19.0 Å². The first-order valence-electron chi connectivity index (χ1n) is 7.92. The Morgan fingerprint density at radius 2 is 1.76 bits per heavy atom. The number of carbonyl (C=O) groups excluding carboxylic acids is 2. The van der Waals surface area contributed by atoms with Gasteiger partial charge in [0.15, 0.2) is 5.54 Å². The minimum atomic E-state index is -1.26. The smallest absolute Gasteiger partial charge is 0.332 e. The zero-order valence-electron chi connectivity index (χ0n) is 14.4. The summed E-state index contributed by atoms with van der Waals surface area (Å²) in [5.41, 5.74) is 6.46. The van der Waals surface area contributed by atoms with E-state index in [1.165, 1.54) is 7.11 Å². The van der Waals surface area contributed by atoms with Gasteiger partial charge in [-0.3, -0.25) is 10.2 Å². The van der Waals surface area contributed by atoms with Crippen LogP contribution in [0.2, 0.25) is 0 Å². The fraction of sp³-hybridized carbons (Fsp3) is 0.200. The summed E-state index contributed by atoms with van der Waals surface area (Å²) in [4.78, 5) is 24.9. The molecule has 0 heterocycles. The van der Waals surface area contributed by atoms with Crippen LogP contribution in [0.15, 0.2) is 67.3 Å². The fourth-order valence-corrected chi connectivity index (χ4v) is 2.55. The third kappa shape index (κ3) is 4.14. The van der Waals surface area contributed by atoms with Gasteiger partial charge in [-0.1, -0.05) is 54.1 Å². The Bertz CT molecular complexity index is 741. The van der Waals surface area contributed by atoms with Crippen LogP contribution in [0.3, 0.4) is 0 Å². The van der Waals surface area contributed by atoms with E-state index in [-0.39, 0.29) is 12.3 Å². The van der Waals surface area contributed by atoms with Crippen LogP contribution in [0, 0.1) is 6.92 Å². The minimum Gasteiger partial charge on any atom is -0.467 e. The summed E-state index contributed by atoms with van der Waals surface area (Å²) < 4.78 is 4.99. The third-order valence-electron chi connectivity index (χ3n) is 3.95. The first-order valence-corrected chi connectivity index (χ1v) is 7.92. The van der Waals surface area contributed by atoms with Gasteiger partial charge < -0.3 is 4.74 Å². The fourth-order valence-electron chi connectivity index (χ4n) is 2.55. The monoisotopic (exact) mass is 338 g/mol. The number of methoxy groups -OCH3 is 1. The summed E-state index contributed by atoms with van der Waals surface area (Å²) >= 11 is 0. The van der Waals surface area contributed by atoms with Crippen LogP contribution in [-0.2, 0) is 15.1 Å². The lowest BCUT2D eigenvalue weighted by Crippen LogP contribution is -2.57. The normalized spacial score (nSPS) is 12.7. The molecule has 1 atom stereocenters. The average molecular weight is 338 g/mol. The van der Waals surface area contributed by atoms with Gasteiger partial charge in [0.05, 0.1) is 7.11 Å². The van der Waals surface area contributed by atoms with E-state index >= 15 is 0 Å². The highest BCUT2D eigenvalue weighted by Gasteiger charge is 2.41. The van der Waals surface area contributed by atoms with Gasteiger partial charge in [0.2, 0.25) is 0 Å². The number of carbonyl (C=O) groups is 2. The molecule has 0 fully saturated rings. The molecule has 0 aromatic heterocycles. The number of benzene rings is 2. The summed E-state index contributed by atoms with van der Waals surface area (Å²) in [7, 11) is 1.31. The highest BCUT2D eigenvalue weighted by molar-refractivity contribution is 5.94. The Morgan fingerprint density at radius 3 is 2.32 bits per heavy atom. The number of nitrogens with one attached hydrogen (secondary N) is 2. The number of esters is 1. The maximum absolute atomic E-state index is 12.6. The molecular formula is C20H22N2O3. The molecule has 0 saturated carbocycles. The molecular weight excluding hydrogens is 316 g/mol.